The van der Waals surface area contributed by atoms with Crippen LogP contribution in [0, 0.1) is 17.8 Å². The molecule has 0 bridgehead atoms. The molecule has 62 heavy (non-hydrogen) atoms. The van der Waals surface area contributed by atoms with Crippen molar-refractivity contribution in [1.82, 2.24) is 0 Å². The number of phosphoric acid groups is 2. The number of aliphatic hydroxyl groups excluding tert-OH is 4. The number of carbonyl (C=O) groups excluding carboxylic acids is 3. The second kappa shape index (κ2) is 33.8. The van der Waals surface area contributed by atoms with Gasteiger partial charge in [-0.2, -0.15) is 0 Å². The molecule has 17 nitrogen and oxygen atoms in total. The monoisotopic (exact) mass is 930 g/mol. The van der Waals surface area contributed by atoms with Gasteiger partial charge in [-0.05, 0) is 31.6 Å². The highest BCUT2D eigenvalue weighted by molar-refractivity contribution is 7.47. The number of esters is 2. The lowest BCUT2D eigenvalue weighted by atomic mass is 9.87. The average molecular weight is 931 g/mol. The predicted octanol–water partition coefficient (Wildman–Crippen LogP) is 7.15. The normalized spacial score (nSPS) is 21.1. The molecule has 1 aliphatic rings. The van der Waals surface area contributed by atoms with Crippen LogP contribution in [-0.4, -0.2) is 110 Å². The van der Waals surface area contributed by atoms with Crippen molar-refractivity contribution in [3.8, 4) is 0 Å². The van der Waals surface area contributed by atoms with Crippen LogP contribution in [-0.2, 0) is 46.6 Å². The summed E-state index contributed by atoms with van der Waals surface area (Å²) < 4.78 is 47.7. The van der Waals surface area contributed by atoms with E-state index in [2.05, 4.69) is 29.8 Å². The zero-order valence-corrected chi connectivity index (χ0v) is 39.3. The Balaban J connectivity index is 2.59. The number of hydrogen-bond acceptors (Lipinski definition) is 14. The molecule has 2 unspecified atom stereocenters. The molecule has 19 heteroatoms. The Morgan fingerprint density at radius 2 is 1.23 bits per heavy atom. The Labute approximate surface area is 369 Å². The van der Waals surface area contributed by atoms with E-state index in [1.54, 1.807) is 12.2 Å². The molecule has 1 aliphatic carbocycles. The molecule has 0 amide bonds. The maximum absolute atomic E-state index is 12.9. The van der Waals surface area contributed by atoms with Crippen molar-refractivity contribution in [2.75, 3.05) is 26.4 Å². The Hall–Kier alpha value is -1.59. The second-order valence-electron chi connectivity index (χ2n) is 16.9. The van der Waals surface area contributed by atoms with E-state index in [4.69, 9.17) is 23.8 Å². The summed E-state index contributed by atoms with van der Waals surface area (Å²) in [6.07, 6.45) is 15.6. The molecule has 0 saturated heterocycles. The van der Waals surface area contributed by atoms with Gasteiger partial charge in [0.05, 0.1) is 38.1 Å². The largest absolute Gasteiger partial charge is 0.472 e. The van der Waals surface area contributed by atoms with E-state index in [9.17, 15) is 48.8 Å². The molecular formula is C43H80O17P2. The number of carbonyl (C=O) groups is 3. The quantitative estimate of drug-likeness (QED) is 0.0140. The van der Waals surface area contributed by atoms with Gasteiger partial charge in [0.2, 0.25) is 0 Å². The first kappa shape index (κ1) is 58.4. The number of ketones is 1. The highest BCUT2D eigenvalue weighted by atomic mass is 31.2. The van der Waals surface area contributed by atoms with Crippen LogP contribution in [0.1, 0.15) is 168 Å². The molecule has 1 fully saturated rings. The number of rotatable bonds is 39. The number of Topliss-reactive ketones (excluding diaryl/α,β-unsaturated/α-hetero) is 1. The number of hydrogen-bond donors (Lipinski definition) is 7. The van der Waals surface area contributed by atoms with Gasteiger partial charge in [-0.25, -0.2) is 9.13 Å². The Morgan fingerprint density at radius 1 is 0.677 bits per heavy atom. The standard InChI is InChI=1S/C43H80O17P2/c1-4-6-15-21-34(44)25-26-38-39(41(48)28-40(38)47)27-35(45)22-18-19-24-43(50)60-37(32-59-62(54,55)58-30-36(46)29-57-61(51,52)53)31-56-42(49)23-17-14-12-10-8-7-9-11-13-16-20-33(3)5-2/h25-26,33-34,36-41,44,46-48H,4-24,27-32H2,1-3H3,(H,54,55)(H2,51,52,53)/b26-25+/t33?,34-,36-,37+,38+,39+,40+,41-/m0/s1. The summed E-state index contributed by atoms with van der Waals surface area (Å²) in [6, 6.07) is 0. The molecule has 0 spiro atoms. The molecule has 0 heterocycles. The number of unbranched alkanes of at least 4 members (excludes halogenated alkanes) is 12. The molecule has 1 saturated carbocycles. The molecule has 0 aromatic rings. The molecule has 9 atom stereocenters. The van der Waals surface area contributed by atoms with Gasteiger partial charge in [0.25, 0.3) is 0 Å². The Morgan fingerprint density at radius 3 is 1.85 bits per heavy atom. The summed E-state index contributed by atoms with van der Waals surface area (Å²) in [5.41, 5.74) is 0. The first-order valence-corrected chi connectivity index (χ1v) is 26.0. The van der Waals surface area contributed by atoms with Crippen LogP contribution >= 0.6 is 15.6 Å². The summed E-state index contributed by atoms with van der Waals surface area (Å²) in [5.74, 6) is -1.67. The molecule has 1 rings (SSSR count). The fraction of sp³-hybridized carbons (Fsp3) is 0.884. The van der Waals surface area contributed by atoms with Crippen LogP contribution in [0.5, 0.6) is 0 Å². The third-order valence-corrected chi connectivity index (χ3v) is 12.6. The van der Waals surface area contributed by atoms with Crippen molar-refractivity contribution in [2.45, 2.75) is 199 Å². The Bertz CT molecular complexity index is 1340. The van der Waals surface area contributed by atoms with E-state index in [0.29, 0.717) is 19.3 Å². The zero-order chi connectivity index (χ0) is 46.4. The van der Waals surface area contributed by atoms with Crippen molar-refractivity contribution in [3.63, 3.8) is 0 Å². The first-order chi connectivity index (χ1) is 29.4. The predicted molar refractivity (Wildman–Crippen MR) is 232 cm³/mol. The summed E-state index contributed by atoms with van der Waals surface area (Å²) in [5, 5.41) is 41.1. The second-order valence-corrected chi connectivity index (χ2v) is 19.6. The van der Waals surface area contributed by atoms with Crippen LogP contribution in [0.15, 0.2) is 12.2 Å². The molecule has 0 aromatic heterocycles. The number of aliphatic hydroxyl groups is 4. The lowest BCUT2D eigenvalue weighted by Gasteiger charge is -2.21. The molecule has 0 radical (unpaired) electrons. The van der Waals surface area contributed by atoms with Crippen molar-refractivity contribution >= 4 is 33.4 Å². The van der Waals surface area contributed by atoms with Crippen molar-refractivity contribution < 1.29 is 81.7 Å². The van der Waals surface area contributed by atoms with E-state index < -0.39 is 96.4 Å². The molecule has 7 N–H and O–H groups in total. The molecule has 364 valence electrons. The minimum Gasteiger partial charge on any atom is -0.462 e. The summed E-state index contributed by atoms with van der Waals surface area (Å²) in [4.78, 5) is 65.8. The third-order valence-electron chi connectivity index (χ3n) is 11.2. The number of phosphoric ester groups is 2. The summed E-state index contributed by atoms with van der Waals surface area (Å²) >= 11 is 0. The van der Waals surface area contributed by atoms with E-state index in [0.717, 1.165) is 50.9 Å². The van der Waals surface area contributed by atoms with Crippen LogP contribution < -0.4 is 0 Å². The van der Waals surface area contributed by atoms with Gasteiger partial charge < -0.3 is 44.6 Å². The van der Waals surface area contributed by atoms with E-state index in [1.165, 1.54) is 44.9 Å². The average Bonchev–Trinajstić information content (AvgIpc) is 3.48. The topological polar surface area (TPSA) is 273 Å². The van der Waals surface area contributed by atoms with Crippen molar-refractivity contribution in [1.29, 1.82) is 0 Å². The minimum atomic E-state index is -4.91. The van der Waals surface area contributed by atoms with Crippen LogP contribution in [0.25, 0.3) is 0 Å². The van der Waals surface area contributed by atoms with Gasteiger partial charge in [0, 0.05) is 43.9 Å². The fourth-order valence-corrected chi connectivity index (χ4v) is 8.36. The maximum Gasteiger partial charge on any atom is 0.472 e. The van der Waals surface area contributed by atoms with Gasteiger partial charge in [0.1, 0.15) is 18.5 Å². The van der Waals surface area contributed by atoms with Crippen LogP contribution in [0.4, 0.5) is 0 Å². The fourth-order valence-electron chi connectivity index (χ4n) is 7.20. The third kappa shape index (κ3) is 30.5. The highest BCUT2D eigenvalue weighted by Gasteiger charge is 2.41. The zero-order valence-electron chi connectivity index (χ0n) is 37.5. The smallest absolute Gasteiger partial charge is 0.462 e. The van der Waals surface area contributed by atoms with Gasteiger partial charge in [-0.15, -0.1) is 0 Å². The Kier molecular flexibility index (Phi) is 31.9. The van der Waals surface area contributed by atoms with Crippen molar-refractivity contribution in [3.05, 3.63) is 12.2 Å². The summed E-state index contributed by atoms with van der Waals surface area (Å²) in [6.45, 7) is 3.54. The van der Waals surface area contributed by atoms with Gasteiger partial charge in [-0.1, -0.05) is 123 Å². The lowest BCUT2D eigenvalue weighted by molar-refractivity contribution is -0.161. The van der Waals surface area contributed by atoms with Crippen LogP contribution in [0.2, 0.25) is 0 Å². The number of ether oxygens (including phenoxy) is 2. The van der Waals surface area contributed by atoms with E-state index in [1.807, 2.05) is 0 Å². The molecular weight excluding hydrogens is 850 g/mol. The molecule has 0 aromatic carbocycles. The lowest BCUT2D eigenvalue weighted by Crippen LogP contribution is -2.30. The van der Waals surface area contributed by atoms with Crippen molar-refractivity contribution in [2.24, 2.45) is 17.8 Å². The summed E-state index contributed by atoms with van der Waals surface area (Å²) in [7, 11) is -9.82. The minimum absolute atomic E-state index is 0.0181. The van der Waals surface area contributed by atoms with E-state index >= 15 is 0 Å². The highest BCUT2D eigenvalue weighted by Crippen LogP contribution is 2.44. The van der Waals surface area contributed by atoms with Gasteiger partial charge >= 0.3 is 27.6 Å². The van der Waals surface area contributed by atoms with Crippen LogP contribution in [0.3, 0.4) is 0 Å². The van der Waals surface area contributed by atoms with Gasteiger partial charge in [0.15, 0.2) is 6.10 Å². The van der Waals surface area contributed by atoms with E-state index in [-0.39, 0.29) is 44.3 Å². The SMILES string of the molecule is CCCCC[C@H](O)/C=C/[C@@H]1[C@@H](CC(=O)CCCCC(=O)O[C@H](COC(=O)CCCCCCCCCCCCC(C)CC)COP(=O)(O)OC[C@@H](O)COP(=O)(O)O)[C@@H](O)C[C@H]1O. The first-order valence-electron chi connectivity index (χ1n) is 22.9. The van der Waals surface area contributed by atoms with Gasteiger partial charge in [-0.3, -0.25) is 28.0 Å². The maximum atomic E-state index is 12.9. The molecule has 0 aliphatic heterocycles.